The van der Waals surface area contributed by atoms with Gasteiger partial charge in [-0.2, -0.15) is 0 Å². The van der Waals surface area contributed by atoms with E-state index in [-0.39, 0.29) is 23.3 Å². The molecule has 0 unspecified atom stereocenters. The molecule has 0 aliphatic carbocycles. The van der Waals surface area contributed by atoms with Gasteiger partial charge in [-0.1, -0.05) is 108 Å². The summed E-state index contributed by atoms with van der Waals surface area (Å²) in [7, 11) is 0. The van der Waals surface area contributed by atoms with Gasteiger partial charge >= 0.3 is 0 Å². The van der Waals surface area contributed by atoms with Crippen molar-refractivity contribution in [1.29, 1.82) is 0 Å². The zero-order chi connectivity index (χ0) is 61.2. The predicted octanol–water partition coefficient (Wildman–Crippen LogP) is 12.6. The Morgan fingerprint density at radius 1 is 0.540 bits per heavy atom. The molecule has 2 amide bonds. The summed E-state index contributed by atoms with van der Waals surface area (Å²) in [4.78, 5) is 53.9. The number of amides is 2. The molecule has 4 aliphatic heterocycles. The summed E-state index contributed by atoms with van der Waals surface area (Å²) in [5.74, 6) is 0.681. The fourth-order valence-corrected chi connectivity index (χ4v) is 12.1. The first-order chi connectivity index (χ1) is 41.8. The summed E-state index contributed by atoms with van der Waals surface area (Å²) in [6.45, 7) is 33.1. The number of benzene rings is 5. The highest BCUT2D eigenvalue weighted by Gasteiger charge is 2.31. The van der Waals surface area contributed by atoms with E-state index in [0.29, 0.717) is 67.6 Å². The number of fused-ring (bicyclic) bond motifs is 6. The number of nitrogens with one attached hydrogen (secondary N) is 1. The number of hydrogen-bond donors (Lipinski definition) is 1. The topological polar surface area (TPSA) is 119 Å². The summed E-state index contributed by atoms with van der Waals surface area (Å²) < 4.78 is 44.1. The van der Waals surface area contributed by atoms with Crippen molar-refractivity contribution in [2.45, 2.75) is 100 Å². The van der Waals surface area contributed by atoms with Crippen molar-refractivity contribution in [2.75, 3.05) is 115 Å². The Labute approximate surface area is 514 Å². The van der Waals surface area contributed by atoms with Crippen molar-refractivity contribution in [3.05, 3.63) is 167 Å². The van der Waals surface area contributed by atoms with E-state index in [9.17, 15) is 9.59 Å². The lowest BCUT2D eigenvalue weighted by molar-refractivity contribution is 0.0979. The maximum absolute atomic E-state index is 15.3. The summed E-state index contributed by atoms with van der Waals surface area (Å²) in [6, 6.07) is 35.2. The molecular formula is C71H90F2N10O4. The highest BCUT2D eigenvalue weighted by molar-refractivity contribution is 6.09. The minimum atomic E-state index is -0.513. The van der Waals surface area contributed by atoms with Crippen molar-refractivity contribution in [3.63, 3.8) is 0 Å². The number of H-pyrrole nitrogens is 1. The maximum Gasteiger partial charge on any atom is 0.258 e. The van der Waals surface area contributed by atoms with Gasteiger partial charge in [0.2, 0.25) is 0 Å². The van der Waals surface area contributed by atoms with Crippen molar-refractivity contribution in [2.24, 2.45) is 10.8 Å². The SMILES string of the molecule is Cc1nc2c([nH]1)CCN(C(=O)c1ccc(OCCCN3CCN(CCC(C)(C)C)CC3)c(F)c1)c1ccccc1-2.Cc1nc2c(n1Cc1ccccc1)-c1ccccc1N(C(=O)c1ccc(OCCCN3CCN(CCC(C)(C)C)CC3)c(F)c1)CC2. The number of para-hydroxylation sites is 2. The molecule has 1 N–H and O–H groups in total. The van der Waals surface area contributed by atoms with E-state index in [1.54, 1.807) is 34.1 Å². The number of piperazine rings is 2. The van der Waals surface area contributed by atoms with Crippen molar-refractivity contribution in [1.82, 2.24) is 39.1 Å². The molecule has 14 nitrogen and oxygen atoms in total. The van der Waals surface area contributed by atoms with Gasteiger partial charge in [0.05, 0.1) is 41.7 Å². The third-order valence-corrected chi connectivity index (χ3v) is 17.3. The largest absolute Gasteiger partial charge is 0.490 e. The Bertz CT molecular complexity index is 3440. The maximum atomic E-state index is 15.3. The van der Waals surface area contributed by atoms with E-state index < -0.39 is 11.6 Å². The second-order valence-corrected chi connectivity index (χ2v) is 26.3. The fraction of sp³-hybridized carbons (Fsp3) is 0.465. The van der Waals surface area contributed by atoms with Crippen LogP contribution in [0.1, 0.15) is 117 Å². The molecule has 0 bridgehead atoms. The summed E-state index contributed by atoms with van der Waals surface area (Å²) >= 11 is 0. The molecule has 16 heteroatoms. The molecule has 6 heterocycles. The molecule has 4 aliphatic rings. The van der Waals surface area contributed by atoms with Crippen LogP contribution in [0.4, 0.5) is 20.2 Å². The quantitative estimate of drug-likeness (QED) is 0.0832. The van der Waals surface area contributed by atoms with Crippen LogP contribution in [0.3, 0.4) is 0 Å². The first-order valence-corrected chi connectivity index (χ1v) is 31.6. The Balaban J connectivity index is 0.000000195. The summed E-state index contributed by atoms with van der Waals surface area (Å²) in [5, 5.41) is 0. The van der Waals surface area contributed by atoms with Crippen LogP contribution in [0.5, 0.6) is 11.5 Å². The molecule has 0 spiro atoms. The average Bonchev–Trinajstić information content (AvgIpc) is 2.30. The number of nitrogens with zero attached hydrogens (tertiary/aromatic N) is 9. The zero-order valence-electron chi connectivity index (χ0n) is 52.6. The lowest BCUT2D eigenvalue weighted by Gasteiger charge is -2.35. The van der Waals surface area contributed by atoms with Crippen molar-refractivity contribution < 1.29 is 27.8 Å². The van der Waals surface area contributed by atoms with E-state index in [0.717, 1.165) is 148 Å². The van der Waals surface area contributed by atoms with Crippen molar-refractivity contribution >= 4 is 23.2 Å². The van der Waals surface area contributed by atoms with Gasteiger partial charge in [0.25, 0.3) is 11.8 Å². The monoisotopic (exact) mass is 1180 g/mol. The van der Waals surface area contributed by atoms with Crippen LogP contribution in [0.2, 0.25) is 0 Å². The van der Waals surface area contributed by atoms with Gasteiger partial charge in [-0.25, -0.2) is 18.7 Å². The van der Waals surface area contributed by atoms with Gasteiger partial charge in [0.15, 0.2) is 23.1 Å². The molecule has 2 fully saturated rings. The number of imidazole rings is 2. The number of anilines is 2. The molecule has 0 saturated carbocycles. The standard InChI is InChI=1S/C39H48FN5O2.C32H42FN5O2/c1-29-41-34-17-20-44(35-14-9-8-13-32(35)37(34)45(29)28-30-11-6-5-7-12-30)38(46)31-15-16-36(33(40)27-31)47-26-10-19-42-22-24-43(25-23-42)21-18-39(2,3)4;1-23-34-27-12-15-38(28-9-6-5-8-25(28)30(27)35-23)31(39)24-10-11-29(26(33)22-24)40-21-7-14-36-17-19-37(20-18-36)16-13-32(2,3)4/h5-9,11-16,27H,10,17-26,28H2,1-4H3;5-6,8-11,22H,7,12-21H2,1-4H3,(H,34,35). The number of hydrogen-bond acceptors (Lipinski definition) is 10. The zero-order valence-corrected chi connectivity index (χ0v) is 52.6. The third-order valence-electron chi connectivity index (χ3n) is 17.3. The third kappa shape index (κ3) is 16.3. The molecule has 7 aromatic rings. The van der Waals surface area contributed by atoms with Crippen LogP contribution in [0, 0.1) is 36.3 Å². The van der Waals surface area contributed by atoms with E-state index >= 15 is 8.78 Å². The second kappa shape index (κ2) is 28.3. The van der Waals surface area contributed by atoms with Gasteiger partial charge in [0, 0.05) is 126 Å². The number of rotatable bonds is 18. The number of carbonyl (C=O) groups is 2. The molecule has 5 aromatic carbocycles. The van der Waals surface area contributed by atoms with E-state index in [2.05, 4.69) is 87.8 Å². The number of halogens is 2. The van der Waals surface area contributed by atoms with Crippen LogP contribution >= 0.6 is 0 Å². The average molecular weight is 1190 g/mol. The minimum absolute atomic E-state index is 0.187. The second-order valence-electron chi connectivity index (χ2n) is 26.3. The number of aromatic nitrogens is 4. The molecule has 87 heavy (non-hydrogen) atoms. The van der Waals surface area contributed by atoms with Gasteiger partial charge in [-0.3, -0.25) is 9.59 Å². The number of carbonyl (C=O) groups excluding carboxylic acids is 2. The number of aryl methyl sites for hydroxylation is 2. The van der Waals surface area contributed by atoms with Gasteiger partial charge in [-0.05, 0) is 118 Å². The van der Waals surface area contributed by atoms with Crippen LogP contribution < -0.4 is 19.3 Å². The molecular weight excluding hydrogens is 1090 g/mol. The van der Waals surface area contributed by atoms with Crippen LogP contribution in [0.25, 0.3) is 22.5 Å². The Kier molecular flexibility index (Phi) is 20.4. The van der Waals surface area contributed by atoms with Gasteiger partial charge in [-0.15, -0.1) is 0 Å². The van der Waals surface area contributed by atoms with Crippen LogP contribution in [-0.4, -0.2) is 156 Å². The van der Waals surface area contributed by atoms with E-state index in [1.165, 1.54) is 30.5 Å². The lowest BCUT2D eigenvalue weighted by Crippen LogP contribution is -2.47. The molecule has 0 radical (unpaired) electrons. The van der Waals surface area contributed by atoms with Crippen LogP contribution in [-0.2, 0) is 19.4 Å². The molecule has 0 atom stereocenters. The lowest BCUT2D eigenvalue weighted by atomic mass is 9.92. The first kappa shape index (κ1) is 62.8. The smallest absolute Gasteiger partial charge is 0.258 e. The normalized spacial score (nSPS) is 16.0. The summed E-state index contributed by atoms with van der Waals surface area (Å²) in [6.07, 6.45) is 5.34. The molecule has 2 saturated heterocycles. The van der Waals surface area contributed by atoms with Crippen molar-refractivity contribution in [3.8, 4) is 34.0 Å². The molecule has 11 rings (SSSR count). The number of ether oxygens (including phenoxy) is 2. The Hall–Kier alpha value is -7.24. The molecule has 462 valence electrons. The first-order valence-electron chi connectivity index (χ1n) is 31.6. The van der Waals surface area contributed by atoms with E-state index in [1.807, 2.05) is 80.6 Å². The predicted molar refractivity (Wildman–Crippen MR) is 344 cm³/mol. The van der Waals surface area contributed by atoms with Crippen LogP contribution in [0.15, 0.2) is 115 Å². The number of aromatic amines is 1. The van der Waals surface area contributed by atoms with Gasteiger partial charge in [0.1, 0.15) is 11.6 Å². The Morgan fingerprint density at radius 2 is 1.00 bits per heavy atom. The van der Waals surface area contributed by atoms with Gasteiger partial charge < -0.3 is 48.4 Å². The Morgan fingerprint density at radius 3 is 1.51 bits per heavy atom. The fourth-order valence-electron chi connectivity index (χ4n) is 12.1. The van der Waals surface area contributed by atoms with E-state index in [4.69, 9.17) is 14.5 Å². The minimum Gasteiger partial charge on any atom is -0.490 e. The summed E-state index contributed by atoms with van der Waals surface area (Å²) in [5.41, 5.74) is 9.88. The highest BCUT2D eigenvalue weighted by atomic mass is 19.1. The highest BCUT2D eigenvalue weighted by Crippen LogP contribution is 2.39. The molecule has 2 aromatic heterocycles.